The van der Waals surface area contributed by atoms with E-state index in [1.54, 1.807) is 18.3 Å². The maximum absolute atomic E-state index is 14.8. The van der Waals surface area contributed by atoms with Crippen molar-refractivity contribution < 1.29 is 9.18 Å². The van der Waals surface area contributed by atoms with E-state index in [4.69, 9.17) is 17.3 Å². The number of benzene rings is 2. The smallest absolute Gasteiger partial charge is 0.250 e. The Morgan fingerprint density at radius 1 is 1.24 bits per heavy atom. The predicted molar refractivity (Wildman–Crippen MR) is 96.3 cm³/mol. The molecule has 0 aliphatic heterocycles. The number of para-hydroxylation sites is 1. The average Bonchev–Trinajstić information content (AvgIpc) is 2.98. The molecule has 3 N–H and O–H groups in total. The highest BCUT2D eigenvalue weighted by atomic mass is 35.5. The Bertz CT molecular complexity index is 1120. The summed E-state index contributed by atoms with van der Waals surface area (Å²) in [6, 6.07) is 12.2. The molecule has 0 aliphatic carbocycles. The number of aromatic nitrogens is 2. The van der Waals surface area contributed by atoms with Gasteiger partial charge in [0, 0.05) is 34.5 Å². The Hall–Kier alpha value is -2.92. The third-order valence-corrected chi connectivity index (χ3v) is 4.50. The van der Waals surface area contributed by atoms with Gasteiger partial charge in [-0.05, 0) is 23.8 Å². The molecule has 0 fully saturated rings. The summed E-state index contributed by atoms with van der Waals surface area (Å²) < 4.78 is 14.8. The van der Waals surface area contributed by atoms with E-state index in [0.29, 0.717) is 28.0 Å². The second-order valence-electron chi connectivity index (χ2n) is 5.84. The zero-order valence-corrected chi connectivity index (χ0v) is 13.8. The maximum atomic E-state index is 14.8. The Kier molecular flexibility index (Phi) is 3.66. The number of carbonyl (C=O) groups excluding carboxylic acids is 1. The normalized spacial score (nSPS) is 11.3. The molecular weight excluding hydrogens is 341 g/mol. The van der Waals surface area contributed by atoms with E-state index in [1.807, 2.05) is 24.3 Å². The molecule has 4 nitrogen and oxygen atoms in total. The number of pyridine rings is 1. The number of halogens is 2. The molecule has 0 unspecified atom stereocenters. The minimum atomic E-state index is -0.671. The molecule has 4 rings (SSSR count). The number of hydrogen-bond donors (Lipinski definition) is 2. The van der Waals surface area contributed by atoms with Crippen LogP contribution in [0.25, 0.3) is 21.8 Å². The standard InChI is InChI=1S/C19H13ClFN3O/c20-16-6-5-10(9-23-16)7-12-14(21)8-13(19(22)25)18-17(12)11-3-1-2-4-15(11)24-18/h1-6,8-9,24H,7H2,(H2,22,25). The number of nitrogens with one attached hydrogen (secondary N) is 1. The van der Waals surface area contributed by atoms with Crippen molar-refractivity contribution in [2.24, 2.45) is 5.73 Å². The molecule has 0 bridgehead atoms. The quantitative estimate of drug-likeness (QED) is 0.542. The van der Waals surface area contributed by atoms with Crippen molar-refractivity contribution in [3.8, 4) is 0 Å². The van der Waals surface area contributed by atoms with Gasteiger partial charge in [-0.25, -0.2) is 9.37 Å². The lowest BCUT2D eigenvalue weighted by atomic mass is 9.97. The number of rotatable bonds is 3. The van der Waals surface area contributed by atoms with E-state index in [1.165, 1.54) is 6.07 Å². The predicted octanol–water partition coefficient (Wildman–Crippen LogP) is 4.20. The van der Waals surface area contributed by atoms with E-state index < -0.39 is 11.7 Å². The van der Waals surface area contributed by atoms with Crippen molar-refractivity contribution in [2.75, 3.05) is 0 Å². The summed E-state index contributed by atoms with van der Waals surface area (Å²) in [7, 11) is 0. The minimum absolute atomic E-state index is 0.140. The lowest BCUT2D eigenvalue weighted by molar-refractivity contribution is 0.100. The summed E-state index contributed by atoms with van der Waals surface area (Å²) in [5.41, 5.74) is 8.26. The molecule has 0 radical (unpaired) electrons. The Morgan fingerprint density at radius 2 is 2.04 bits per heavy atom. The Morgan fingerprint density at radius 3 is 2.76 bits per heavy atom. The molecular formula is C19H13ClFN3O. The van der Waals surface area contributed by atoms with E-state index in [-0.39, 0.29) is 5.56 Å². The van der Waals surface area contributed by atoms with Gasteiger partial charge in [-0.2, -0.15) is 0 Å². The van der Waals surface area contributed by atoms with Crippen molar-refractivity contribution in [3.63, 3.8) is 0 Å². The molecule has 2 heterocycles. The van der Waals surface area contributed by atoms with E-state index in [0.717, 1.165) is 16.5 Å². The molecule has 2 aromatic carbocycles. The number of hydrogen-bond acceptors (Lipinski definition) is 2. The molecule has 0 atom stereocenters. The number of carbonyl (C=O) groups is 1. The fraction of sp³-hybridized carbons (Fsp3) is 0.0526. The van der Waals surface area contributed by atoms with Crippen LogP contribution in [0.5, 0.6) is 0 Å². The van der Waals surface area contributed by atoms with Crippen LogP contribution in [0.15, 0.2) is 48.7 Å². The molecule has 6 heteroatoms. The van der Waals surface area contributed by atoms with E-state index in [2.05, 4.69) is 9.97 Å². The topological polar surface area (TPSA) is 71.8 Å². The Labute approximate surface area is 147 Å². The first-order chi connectivity index (χ1) is 12.0. The average molecular weight is 354 g/mol. The molecule has 124 valence electrons. The van der Waals surface area contributed by atoms with Crippen LogP contribution in [0.2, 0.25) is 5.15 Å². The van der Waals surface area contributed by atoms with Crippen LogP contribution in [0.1, 0.15) is 21.5 Å². The number of nitrogens with two attached hydrogens (primary N) is 1. The van der Waals surface area contributed by atoms with Gasteiger partial charge in [-0.3, -0.25) is 4.79 Å². The molecule has 25 heavy (non-hydrogen) atoms. The first-order valence-electron chi connectivity index (χ1n) is 7.66. The minimum Gasteiger partial charge on any atom is -0.366 e. The zero-order chi connectivity index (χ0) is 17.6. The molecule has 1 amide bonds. The summed E-state index contributed by atoms with van der Waals surface area (Å²) in [5.74, 6) is -1.14. The van der Waals surface area contributed by atoms with E-state index in [9.17, 15) is 9.18 Å². The van der Waals surface area contributed by atoms with Gasteiger partial charge < -0.3 is 10.7 Å². The first-order valence-corrected chi connectivity index (χ1v) is 8.04. The number of aromatic amines is 1. The molecule has 0 saturated carbocycles. The van der Waals surface area contributed by atoms with Gasteiger partial charge in [0.1, 0.15) is 11.0 Å². The second kappa shape index (κ2) is 5.86. The Balaban J connectivity index is 2.02. The van der Waals surface area contributed by atoms with Crippen LogP contribution in [0.4, 0.5) is 4.39 Å². The largest absolute Gasteiger partial charge is 0.366 e. The maximum Gasteiger partial charge on any atom is 0.250 e. The van der Waals surface area contributed by atoms with Crippen molar-refractivity contribution in [1.29, 1.82) is 0 Å². The molecule has 0 spiro atoms. The lowest BCUT2D eigenvalue weighted by Gasteiger charge is -2.09. The number of fused-ring (bicyclic) bond motifs is 3. The van der Waals surface area contributed by atoms with Gasteiger partial charge in [0.2, 0.25) is 0 Å². The third kappa shape index (κ3) is 2.62. The lowest BCUT2D eigenvalue weighted by Crippen LogP contribution is -2.13. The second-order valence-corrected chi connectivity index (χ2v) is 6.22. The van der Waals surface area contributed by atoms with Gasteiger partial charge in [0.15, 0.2) is 0 Å². The summed E-state index contributed by atoms with van der Waals surface area (Å²) in [6.45, 7) is 0. The summed E-state index contributed by atoms with van der Waals surface area (Å²) >= 11 is 5.82. The fourth-order valence-electron chi connectivity index (χ4n) is 3.15. The zero-order valence-electron chi connectivity index (χ0n) is 13.0. The van der Waals surface area contributed by atoms with Crippen molar-refractivity contribution in [3.05, 3.63) is 76.3 Å². The van der Waals surface area contributed by atoms with Crippen LogP contribution in [0, 0.1) is 5.82 Å². The SMILES string of the molecule is NC(=O)c1cc(F)c(Cc2ccc(Cl)nc2)c2c1[nH]c1ccccc12. The van der Waals surface area contributed by atoms with Crippen molar-refractivity contribution in [1.82, 2.24) is 9.97 Å². The fourth-order valence-corrected chi connectivity index (χ4v) is 3.26. The van der Waals surface area contributed by atoms with E-state index >= 15 is 0 Å². The van der Waals surface area contributed by atoms with Gasteiger partial charge in [0.25, 0.3) is 5.91 Å². The van der Waals surface area contributed by atoms with Crippen molar-refractivity contribution >= 4 is 39.3 Å². The van der Waals surface area contributed by atoms with Crippen LogP contribution in [0.3, 0.4) is 0 Å². The summed E-state index contributed by atoms with van der Waals surface area (Å²) in [5, 5.41) is 1.89. The van der Waals surface area contributed by atoms with Crippen molar-refractivity contribution in [2.45, 2.75) is 6.42 Å². The number of amides is 1. The monoisotopic (exact) mass is 353 g/mol. The van der Waals surface area contributed by atoms with Gasteiger partial charge >= 0.3 is 0 Å². The van der Waals surface area contributed by atoms with Gasteiger partial charge in [-0.1, -0.05) is 35.9 Å². The van der Waals surface area contributed by atoms with Gasteiger partial charge in [-0.15, -0.1) is 0 Å². The van der Waals surface area contributed by atoms with Crippen LogP contribution in [-0.2, 0) is 6.42 Å². The molecule has 0 saturated heterocycles. The van der Waals surface area contributed by atoms with Gasteiger partial charge in [0.05, 0.1) is 11.1 Å². The van der Waals surface area contributed by atoms with Crippen LogP contribution >= 0.6 is 11.6 Å². The number of primary amides is 1. The summed E-state index contributed by atoms with van der Waals surface area (Å²) in [6.07, 6.45) is 1.94. The first kappa shape index (κ1) is 15.6. The highest BCUT2D eigenvalue weighted by Crippen LogP contribution is 2.33. The van der Waals surface area contributed by atoms with Crippen LogP contribution < -0.4 is 5.73 Å². The summed E-state index contributed by atoms with van der Waals surface area (Å²) in [4.78, 5) is 19.0. The highest BCUT2D eigenvalue weighted by Gasteiger charge is 2.19. The molecule has 2 aromatic heterocycles. The number of nitrogens with zero attached hydrogens (tertiary/aromatic N) is 1. The molecule has 4 aromatic rings. The van der Waals surface area contributed by atoms with Crippen LogP contribution in [-0.4, -0.2) is 15.9 Å². The third-order valence-electron chi connectivity index (χ3n) is 4.27. The molecule has 0 aliphatic rings. The highest BCUT2D eigenvalue weighted by molar-refractivity contribution is 6.29. The number of H-pyrrole nitrogens is 1.